The first-order chi connectivity index (χ1) is 7.72. The fourth-order valence-electron chi connectivity index (χ4n) is 2.44. The standard InChI is InChI=1S/C12H23N3O/c1-3-14-4-6-15(7-5-14)12(16)10(2)11-8-13-9-11/h10-11,13H,3-9H2,1-2H3. The zero-order chi connectivity index (χ0) is 11.5. The van der Waals surface area contributed by atoms with Gasteiger partial charge in [-0.15, -0.1) is 0 Å². The van der Waals surface area contributed by atoms with Gasteiger partial charge in [0.25, 0.3) is 0 Å². The van der Waals surface area contributed by atoms with Gasteiger partial charge in [-0.3, -0.25) is 4.79 Å². The minimum Gasteiger partial charge on any atom is -0.340 e. The molecule has 0 spiro atoms. The van der Waals surface area contributed by atoms with Crippen molar-refractivity contribution in [2.24, 2.45) is 11.8 Å². The van der Waals surface area contributed by atoms with Gasteiger partial charge in [-0.05, 0) is 25.6 Å². The maximum Gasteiger partial charge on any atom is 0.225 e. The van der Waals surface area contributed by atoms with Crippen LogP contribution in [0.1, 0.15) is 13.8 Å². The van der Waals surface area contributed by atoms with Gasteiger partial charge in [0.2, 0.25) is 5.91 Å². The number of amides is 1. The fourth-order valence-corrected chi connectivity index (χ4v) is 2.44. The third-order valence-corrected chi connectivity index (χ3v) is 4.04. The smallest absolute Gasteiger partial charge is 0.225 e. The van der Waals surface area contributed by atoms with E-state index in [1.807, 2.05) is 0 Å². The normalized spacial score (nSPS) is 25.2. The molecular formula is C12H23N3O. The van der Waals surface area contributed by atoms with Gasteiger partial charge in [-0.25, -0.2) is 0 Å². The highest BCUT2D eigenvalue weighted by molar-refractivity contribution is 5.79. The van der Waals surface area contributed by atoms with E-state index in [9.17, 15) is 4.79 Å². The molecule has 4 nitrogen and oxygen atoms in total. The molecule has 0 radical (unpaired) electrons. The Morgan fingerprint density at radius 1 is 1.31 bits per heavy atom. The molecular weight excluding hydrogens is 202 g/mol. The minimum absolute atomic E-state index is 0.203. The first kappa shape index (κ1) is 11.9. The van der Waals surface area contributed by atoms with Crippen LogP contribution >= 0.6 is 0 Å². The maximum absolute atomic E-state index is 12.2. The molecule has 0 aliphatic carbocycles. The Labute approximate surface area is 98.0 Å². The lowest BCUT2D eigenvalue weighted by Gasteiger charge is -2.38. The van der Waals surface area contributed by atoms with Gasteiger partial charge in [0, 0.05) is 32.1 Å². The molecule has 2 saturated heterocycles. The van der Waals surface area contributed by atoms with E-state index in [4.69, 9.17) is 0 Å². The van der Waals surface area contributed by atoms with Gasteiger partial charge in [0.15, 0.2) is 0 Å². The van der Waals surface area contributed by atoms with Crippen molar-refractivity contribution in [3.05, 3.63) is 0 Å². The van der Waals surface area contributed by atoms with Gasteiger partial charge >= 0.3 is 0 Å². The van der Waals surface area contributed by atoms with Crippen LogP contribution in [0.4, 0.5) is 0 Å². The summed E-state index contributed by atoms with van der Waals surface area (Å²) in [6.45, 7) is 11.3. The highest BCUT2D eigenvalue weighted by Crippen LogP contribution is 2.19. The molecule has 4 heteroatoms. The first-order valence-corrected chi connectivity index (χ1v) is 6.44. The second kappa shape index (κ2) is 5.15. The Balaban J connectivity index is 1.81. The van der Waals surface area contributed by atoms with E-state index in [1.165, 1.54) is 0 Å². The van der Waals surface area contributed by atoms with Crippen LogP contribution in [0.25, 0.3) is 0 Å². The minimum atomic E-state index is 0.203. The van der Waals surface area contributed by atoms with E-state index in [1.54, 1.807) is 0 Å². The molecule has 92 valence electrons. The van der Waals surface area contributed by atoms with Crippen molar-refractivity contribution in [1.29, 1.82) is 0 Å². The van der Waals surface area contributed by atoms with Gasteiger partial charge in [-0.2, -0.15) is 0 Å². The van der Waals surface area contributed by atoms with E-state index >= 15 is 0 Å². The van der Waals surface area contributed by atoms with Crippen molar-refractivity contribution in [3.8, 4) is 0 Å². The van der Waals surface area contributed by atoms with Crippen LogP contribution in [0.2, 0.25) is 0 Å². The van der Waals surface area contributed by atoms with Crippen LogP contribution in [0, 0.1) is 11.8 Å². The Morgan fingerprint density at radius 2 is 1.94 bits per heavy atom. The number of likely N-dealkylation sites (N-methyl/N-ethyl adjacent to an activating group) is 1. The van der Waals surface area contributed by atoms with Gasteiger partial charge in [0.05, 0.1) is 0 Å². The highest BCUT2D eigenvalue weighted by atomic mass is 16.2. The summed E-state index contributed by atoms with van der Waals surface area (Å²) in [6, 6.07) is 0. The Bertz CT molecular complexity index is 245. The Kier molecular flexibility index (Phi) is 3.82. The van der Waals surface area contributed by atoms with Gasteiger partial charge < -0.3 is 15.1 Å². The molecule has 2 aliphatic rings. The number of carbonyl (C=O) groups is 1. The molecule has 16 heavy (non-hydrogen) atoms. The molecule has 0 aromatic heterocycles. The molecule has 0 bridgehead atoms. The quantitative estimate of drug-likeness (QED) is 0.735. The van der Waals surface area contributed by atoms with Gasteiger partial charge in [-0.1, -0.05) is 13.8 Å². The third kappa shape index (κ3) is 2.38. The molecule has 1 atom stereocenters. The summed E-state index contributed by atoms with van der Waals surface area (Å²) in [7, 11) is 0. The van der Waals surface area contributed by atoms with E-state index < -0.39 is 0 Å². The fraction of sp³-hybridized carbons (Fsp3) is 0.917. The van der Waals surface area contributed by atoms with E-state index in [0.717, 1.165) is 45.8 Å². The first-order valence-electron chi connectivity index (χ1n) is 6.44. The lowest BCUT2D eigenvalue weighted by atomic mass is 9.88. The van der Waals surface area contributed by atoms with Crippen molar-refractivity contribution >= 4 is 5.91 Å². The molecule has 1 amide bonds. The zero-order valence-corrected chi connectivity index (χ0v) is 10.4. The maximum atomic E-state index is 12.2. The number of rotatable bonds is 3. The number of hydrogen-bond donors (Lipinski definition) is 1. The molecule has 0 aromatic carbocycles. The number of nitrogens with zero attached hydrogens (tertiary/aromatic N) is 2. The molecule has 2 rings (SSSR count). The second-order valence-electron chi connectivity index (χ2n) is 4.97. The summed E-state index contributed by atoms with van der Waals surface area (Å²) in [5.74, 6) is 1.13. The number of hydrogen-bond acceptors (Lipinski definition) is 3. The molecule has 1 unspecified atom stereocenters. The average molecular weight is 225 g/mol. The summed E-state index contributed by atoms with van der Waals surface area (Å²) < 4.78 is 0. The average Bonchev–Trinajstić information content (AvgIpc) is 2.26. The summed E-state index contributed by atoms with van der Waals surface area (Å²) in [6.07, 6.45) is 0. The van der Waals surface area contributed by atoms with Crippen LogP contribution < -0.4 is 5.32 Å². The predicted molar refractivity (Wildman–Crippen MR) is 64.2 cm³/mol. The van der Waals surface area contributed by atoms with Crippen LogP contribution in [-0.4, -0.2) is 61.5 Å². The van der Waals surface area contributed by atoms with E-state index in [-0.39, 0.29) is 5.92 Å². The Morgan fingerprint density at radius 3 is 2.38 bits per heavy atom. The van der Waals surface area contributed by atoms with Crippen LogP contribution in [-0.2, 0) is 4.79 Å². The van der Waals surface area contributed by atoms with E-state index in [2.05, 4.69) is 29.0 Å². The Hall–Kier alpha value is -0.610. The monoisotopic (exact) mass is 225 g/mol. The molecule has 0 aromatic rings. The largest absolute Gasteiger partial charge is 0.340 e. The molecule has 2 heterocycles. The lowest BCUT2D eigenvalue weighted by molar-refractivity contribution is -0.139. The molecule has 1 N–H and O–H groups in total. The van der Waals surface area contributed by atoms with Crippen molar-refractivity contribution in [3.63, 3.8) is 0 Å². The summed E-state index contributed by atoms with van der Waals surface area (Å²) in [5.41, 5.74) is 0. The van der Waals surface area contributed by atoms with Crippen LogP contribution in [0.15, 0.2) is 0 Å². The zero-order valence-electron chi connectivity index (χ0n) is 10.4. The summed E-state index contributed by atoms with van der Waals surface area (Å²) >= 11 is 0. The summed E-state index contributed by atoms with van der Waals surface area (Å²) in [4.78, 5) is 16.7. The number of nitrogens with one attached hydrogen (secondary N) is 1. The van der Waals surface area contributed by atoms with Gasteiger partial charge in [0.1, 0.15) is 0 Å². The highest BCUT2D eigenvalue weighted by Gasteiger charge is 2.32. The summed E-state index contributed by atoms with van der Waals surface area (Å²) in [5, 5.41) is 3.24. The number of piperazine rings is 1. The topological polar surface area (TPSA) is 35.6 Å². The molecule has 2 aliphatic heterocycles. The SMILES string of the molecule is CCN1CCN(C(=O)C(C)C2CNC2)CC1. The number of carbonyl (C=O) groups excluding carboxylic acids is 1. The van der Waals surface area contributed by atoms with Crippen molar-refractivity contribution < 1.29 is 4.79 Å². The van der Waals surface area contributed by atoms with Crippen molar-refractivity contribution in [2.45, 2.75) is 13.8 Å². The van der Waals surface area contributed by atoms with Crippen molar-refractivity contribution in [1.82, 2.24) is 15.1 Å². The van der Waals surface area contributed by atoms with Crippen molar-refractivity contribution in [2.75, 3.05) is 45.8 Å². The van der Waals surface area contributed by atoms with Crippen LogP contribution in [0.3, 0.4) is 0 Å². The molecule has 0 saturated carbocycles. The van der Waals surface area contributed by atoms with E-state index in [0.29, 0.717) is 11.8 Å². The third-order valence-electron chi connectivity index (χ3n) is 4.04. The lowest BCUT2D eigenvalue weighted by Crippen LogP contribution is -2.54. The predicted octanol–water partition coefficient (Wildman–Crippen LogP) is 0.00600. The second-order valence-corrected chi connectivity index (χ2v) is 4.97. The van der Waals surface area contributed by atoms with Crippen LogP contribution in [0.5, 0.6) is 0 Å². The molecule has 2 fully saturated rings.